The number of aryl methyl sites for hydroxylation is 2. The van der Waals surface area contributed by atoms with Gasteiger partial charge in [-0.15, -0.1) is 0 Å². The summed E-state index contributed by atoms with van der Waals surface area (Å²) in [5, 5.41) is 7.68. The van der Waals surface area contributed by atoms with Crippen molar-refractivity contribution in [3.63, 3.8) is 0 Å². The van der Waals surface area contributed by atoms with Crippen molar-refractivity contribution >= 4 is 28.5 Å². The predicted molar refractivity (Wildman–Crippen MR) is 119 cm³/mol. The highest BCUT2D eigenvalue weighted by Gasteiger charge is 2.12. The molecule has 1 N–H and O–H groups in total. The summed E-state index contributed by atoms with van der Waals surface area (Å²) in [5.74, 6) is -0.748. The topological polar surface area (TPSA) is 103 Å². The van der Waals surface area contributed by atoms with Gasteiger partial charge in [-0.05, 0) is 56.3 Å². The third-order valence-corrected chi connectivity index (χ3v) is 4.87. The summed E-state index contributed by atoms with van der Waals surface area (Å²) < 4.78 is 12.5. The predicted octanol–water partition coefficient (Wildman–Crippen LogP) is 3.91. The molecule has 0 saturated carbocycles. The second-order valence-electron chi connectivity index (χ2n) is 7.44. The van der Waals surface area contributed by atoms with Gasteiger partial charge in [-0.25, -0.2) is 14.3 Å². The number of aromatic nitrogens is 2. The molecule has 0 aliphatic heterocycles. The van der Waals surface area contributed by atoms with Crippen molar-refractivity contribution in [2.75, 3.05) is 5.32 Å². The van der Waals surface area contributed by atoms with Crippen molar-refractivity contribution in [2.24, 2.45) is 0 Å². The molecule has 162 valence electrons. The van der Waals surface area contributed by atoms with Crippen LogP contribution in [-0.4, -0.2) is 21.7 Å². The molecule has 4 aromatic rings. The zero-order valence-electron chi connectivity index (χ0n) is 17.8. The van der Waals surface area contributed by atoms with Crippen LogP contribution in [-0.2, 0) is 16.1 Å². The van der Waals surface area contributed by atoms with Crippen molar-refractivity contribution in [1.82, 2.24) is 9.78 Å². The first-order valence-electron chi connectivity index (χ1n) is 9.95. The Kier molecular flexibility index (Phi) is 5.59. The lowest BCUT2D eigenvalue weighted by Crippen LogP contribution is -2.09. The van der Waals surface area contributed by atoms with E-state index in [1.54, 1.807) is 47.1 Å². The summed E-state index contributed by atoms with van der Waals surface area (Å²) in [7, 11) is 0. The SMILES string of the molecule is CC(=O)Nc1ccc2c(COC(=O)c3ccc(-n4nc(C)cc4C)cc3)cc(=O)oc2c1. The first kappa shape index (κ1) is 21.0. The second-order valence-corrected chi connectivity index (χ2v) is 7.44. The highest BCUT2D eigenvalue weighted by molar-refractivity contribution is 5.92. The lowest BCUT2D eigenvalue weighted by atomic mass is 10.1. The Bertz CT molecular complexity index is 1380. The van der Waals surface area contributed by atoms with E-state index >= 15 is 0 Å². The molecule has 0 aliphatic rings. The minimum Gasteiger partial charge on any atom is -0.457 e. The lowest BCUT2D eigenvalue weighted by Gasteiger charge is -2.09. The zero-order valence-corrected chi connectivity index (χ0v) is 17.8. The molecular formula is C24H21N3O5. The van der Waals surface area contributed by atoms with Crippen molar-refractivity contribution in [3.8, 4) is 5.69 Å². The van der Waals surface area contributed by atoms with Gasteiger partial charge in [0.15, 0.2) is 0 Å². The molecule has 4 rings (SSSR count). The van der Waals surface area contributed by atoms with Gasteiger partial charge in [0.1, 0.15) is 12.2 Å². The molecule has 32 heavy (non-hydrogen) atoms. The van der Waals surface area contributed by atoms with Gasteiger partial charge < -0.3 is 14.5 Å². The van der Waals surface area contributed by atoms with Crippen LogP contribution < -0.4 is 10.9 Å². The Morgan fingerprint density at radius 3 is 2.47 bits per heavy atom. The number of esters is 1. The number of carbonyl (C=O) groups excluding carboxylic acids is 2. The van der Waals surface area contributed by atoms with Crippen LogP contribution in [0.2, 0.25) is 0 Å². The second kappa shape index (κ2) is 8.50. The fourth-order valence-corrected chi connectivity index (χ4v) is 3.49. The number of benzene rings is 2. The molecular weight excluding hydrogens is 410 g/mol. The summed E-state index contributed by atoms with van der Waals surface area (Å²) in [6.45, 7) is 5.17. The molecule has 0 fully saturated rings. The number of hydrogen-bond acceptors (Lipinski definition) is 6. The summed E-state index contributed by atoms with van der Waals surface area (Å²) in [4.78, 5) is 35.7. The molecule has 0 saturated heterocycles. The van der Waals surface area contributed by atoms with Gasteiger partial charge in [-0.1, -0.05) is 0 Å². The molecule has 2 aromatic heterocycles. The van der Waals surface area contributed by atoms with Crippen molar-refractivity contribution in [1.29, 1.82) is 0 Å². The Morgan fingerprint density at radius 2 is 1.81 bits per heavy atom. The Labute approximate surface area is 183 Å². The van der Waals surface area contributed by atoms with Crippen molar-refractivity contribution in [3.05, 3.63) is 87.5 Å². The van der Waals surface area contributed by atoms with Crippen LogP contribution in [0.4, 0.5) is 5.69 Å². The van der Waals surface area contributed by atoms with Crippen molar-refractivity contribution < 1.29 is 18.7 Å². The molecule has 1 amide bonds. The van der Waals surface area contributed by atoms with E-state index in [1.807, 2.05) is 19.9 Å². The number of nitrogens with one attached hydrogen (secondary N) is 1. The van der Waals surface area contributed by atoms with Gasteiger partial charge in [-0.2, -0.15) is 5.10 Å². The average Bonchev–Trinajstić information content (AvgIpc) is 3.09. The number of nitrogens with zero attached hydrogens (tertiary/aromatic N) is 2. The van der Waals surface area contributed by atoms with Gasteiger partial charge in [0.05, 0.1) is 16.9 Å². The maximum atomic E-state index is 12.5. The molecule has 0 unspecified atom stereocenters. The fourth-order valence-electron chi connectivity index (χ4n) is 3.49. The Hall–Kier alpha value is -4.20. The van der Waals surface area contributed by atoms with Crippen LogP contribution in [0.1, 0.15) is 34.2 Å². The zero-order chi connectivity index (χ0) is 22.8. The minimum absolute atomic E-state index is 0.0976. The summed E-state index contributed by atoms with van der Waals surface area (Å²) in [6, 6.07) is 15.2. The number of ether oxygens (including phenoxy) is 1. The average molecular weight is 431 g/mol. The third kappa shape index (κ3) is 4.44. The number of rotatable bonds is 5. The number of carbonyl (C=O) groups is 2. The molecule has 0 radical (unpaired) electrons. The van der Waals surface area contributed by atoms with Crippen LogP contribution in [0.25, 0.3) is 16.7 Å². The summed E-state index contributed by atoms with van der Waals surface area (Å²) in [6.07, 6.45) is 0. The molecule has 0 spiro atoms. The van der Waals surface area contributed by atoms with Gasteiger partial charge >= 0.3 is 11.6 Å². The van der Waals surface area contributed by atoms with Crippen LogP contribution in [0.3, 0.4) is 0 Å². The molecule has 8 nitrogen and oxygen atoms in total. The molecule has 2 aromatic carbocycles. The smallest absolute Gasteiger partial charge is 0.338 e. The number of anilines is 1. The van der Waals surface area contributed by atoms with E-state index in [0.717, 1.165) is 17.1 Å². The van der Waals surface area contributed by atoms with Gasteiger partial charge in [-0.3, -0.25) is 4.79 Å². The van der Waals surface area contributed by atoms with E-state index in [1.165, 1.54) is 13.0 Å². The molecule has 8 heteroatoms. The van der Waals surface area contributed by atoms with Crippen LogP contribution >= 0.6 is 0 Å². The highest BCUT2D eigenvalue weighted by atomic mass is 16.5. The van der Waals surface area contributed by atoms with E-state index in [-0.39, 0.29) is 12.5 Å². The lowest BCUT2D eigenvalue weighted by molar-refractivity contribution is -0.114. The van der Waals surface area contributed by atoms with Gasteiger partial charge in [0.25, 0.3) is 0 Å². The highest BCUT2D eigenvalue weighted by Crippen LogP contribution is 2.22. The van der Waals surface area contributed by atoms with Crippen LogP contribution in [0, 0.1) is 13.8 Å². The molecule has 0 aliphatic carbocycles. The minimum atomic E-state index is -0.572. The number of fused-ring (bicyclic) bond motifs is 1. The van der Waals surface area contributed by atoms with Gasteiger partial charge in [0.2, 0.25) is 5.91 Å². The quantitative estimate of drug-likeness (QED) is 0.380. The van der Waals surface area contributed by atoms with E-state index in [9.17, 15) is 14.4 Å². The van der Waals surface area contributed by atoms with Crippen LogP contribution in [0.5, 0.6) is 0 Å². The van der Waals surface area contributed by atoms with E-state index in [4.69, 9.17) is 9.15 Å². The maximum Gasteiger partial charge on any atom is 0.338 e. The summed E-state index contributed by atoms with van der Waals surface area (Å²) >= 11 is 0. The van der Waals surface area contributed by atoms with E-state index < -0.39 is 11.6 Å². The van der Waals surface area contributed by atoms with Gasteiger partial charge in [0, 0.05) is 41.4 Å². The molecule has 0 atom stereocenters. The first-order valence-corrected chi connectivity index (χ1v) is 9.95. The Balaban J connectivity index is 1.51. The Morgan fingerprint density at radius 1 is 1.06 bits per heavy atom. The van der Waals surface area contributed by atoms with Crippen molar-refractivity contribution in [2.45, 2.75) is 27.4 Å². The van der Waals surface area contributed by atoms with Crippen LogP contribution in [0.15, 0.2) is 63.8 Å². The monoisotopic (exact) mass is 431 g/mol. The van der Waals surface area contributed by atoms with E-state index in [0.29, 0.717) is 27.8 Å². The molecule has 0 bridgehead atoms. The number of amides is 1. The van der Waals surface area contributed by atoms with E-state index in [2.05, 4.69) is 10.4 Å². The third-order valence-electron chi connectivity index (χ3n) is 4.87. The maximum absolute atomic E-state index is 12.5. The number of hydrogen-bond donors (Lipinski definition) is 1. The fraction of sp³-hybridized carbons (Fsp3) is 0.167. The summed E-state index contributed by atoms with van der Waals surface area (Å²) in [5.41, 5.74) is 3.87. The normalized spacial score (nSPS) is 10.8. The standard InChI is InChI=1S/C24H21N3O5/c1-14-10-15(2)27(26-14)20-7-4-17(5-8-20)24(30)31-13-18-11-23(29)32-22-12-19(25-16(3)28)6-9-21(18)22/h4-12H,13H2,1-3H3,(H,25,28). The largest absolute Gasteiger partial charge is 0.457 e. The molecule has 2 heterocycles. The first-order chi connectivity index (χ1) is 15.3.